The van der Waals surface area contributed by atoms with Gasteiger partial charge in [0.25, 0.3) is 0 Å². The Morgan fingerprint density at radius 1 is 1.18 bits per heavy atom. The van der Waals surface area contributed by atoms with Gasteiger partial charge in [-0.05, 0) is 25.8 Å². The van der Waals surface area contributed by atoms with Gasteiger partial charge in [0.2, 0.25) is 0 Å². The first-order chi connectivity index (χ1) is 8.22. The van der Waals surface area contributed by atoms with Crippen molar-refractivity contribution in [2.75, 3.05) is 0 Å². The maximum Gasteiger partial charge on any atom is -0.0256 e. The summed E-state index contributed by atoms with van der Waals surface area (Å²) < 4.78 is 0. The molecule has 0 saturated carbocycles. The summed E-state index contributed by atoms with van der Waals surface area (Å²) in [5, 5.41) is 0. The molecule has 0 aromatic heterocycles. The molecule has 90 valence electrons. The first-order valence-corrected chi connectivity index (χ1v) is 6.30. The second-order valence-corrected chi connectivity index (χ2v) is 4.37. The average molecular weight is 226 g/mol. The zero-order valence-electron chi connectivity index (χ0n) is 11.1. The lowest BCUT2D eigenvalue weighted by Gasteiger charge is -1.95. The lowest BCUT2D eigenvalue weighted by atomic mass is 10.1. The summed E-state index contributed by atoms with van der Waals surface area (Å²) in [4.78, 5) is 0. The Morgan fingerprint density at radius 2 is 1.88 bits per heavy atom. The Bertz CT molecular complexity index is 402. The van der Waals surface area contributed by atoms with E-state index in [1.165, 1.54) is 23.1 Å². The van der Waals surface area contributed by atoms with Crippen molar-refractivity contribution in [1.82, 2.24) is 0 Å². The first kappa shape index (κ1) is 13.5. The van der Waals surface area contributed by atoms with Crippen molar-refractivity contribution >= 4 is 6.08 Å². The number of allylic oxidation sites excluding steroid dienone is 5. The van der Waals surface area contributed by atoms with E-state index in [2.05, 4.69) is 75.4 Å². The van der Waals surface area contributed by atoms with Crippen molar-refractivity contribution < 1.29 is 0 Å². The number of hydrogen-bond acceptors (Lipinski definition) is 0. The van der Waals surface area contributed by atoms with Crippen LogP contribution in [0.25, 0.3) is 6.08 Å². The number of benzene rings is 1. The number of rotatable bonds is 5. The largest absolute Gasteiger partial charge is 0.0845 e. The van der Waals surface area contributed by atoms with Gasteiger partial charge in [0.15, 0.2) is 0 Å². The third-order valence-electron chi connectivity index (χ3n) is 2.57. The maximum atomic E-state index is 2.21. The van der Waals surface area contributed by atoms with Crippen molar-refractivity contribution in [3.05, 3.63) is 65.3 Å². The fraction of sp³-hybridized carbons (Fsp3) is 0.294. The fourth-order valence-corrected chi connectivity index (χ4v) is 1.44. The second-order valence-electron chi connectivity index (χ2n) is 4.37. The summed E-state index contributed by atoms with van der Waals surface area (Å²) in [5.41, 5.74) is 3.83. The van der Waals surface area contributed by atoms with Gasteiger partial charge in [0, 0.05) is 0 Å². The Kier molecular flexibility index (Phi) is 6.09. The molecule has 0 N–H and O–H groups in total. The van der Waals surface area contributed by atoms with Crippen LogP contribution in [-0.2, 0) is 0 Å². The molecule has 0 aliphatic rings. The highest BCUT2D eigenvalue weighted by atomic mass is 13.9. The van der Waals surface area contributed by atoms with Crippen molar-refractivity contribution in [3.8, 4) is 0 Å². The highest BCUT2D eigenvalue weighted by Crippen LogP contribution is 2.07. The molecule has 1 rings (SSSR count). The molecule has 0 spiro atoms. The molecule has 0 bridgehead atoms. The third-order valence-corrected chi connectivity index (χ3v) is 2.57. The Labute approximate surface area is 105 Å². The molecular formula is C17H22. The summed E-state index contributed by atoms with van der Waals surface area (Å²) in [7, 11) is 0. The molecular weight excluding hydrogens is 204 g/mol. The molecule has 0 heteroatoms. The molecule has 0 atom stereocenters. The zero-order valence-corrected chi connectivity index (χ0v) is 11.1. The van der Waals surface area contributed by atoms with Gasteiger partial charge in [0.05, 0.1) is 0 Å². The smallest absolute Gasteiger partial charge is 0.0256 e. The predicted molar refractivity (Wildman–Crippen MR) is 78.0 cm³/mol. The summed E-state index contributed by atoms with van der Waals surface area (Å²) in [6.07, 6.45) is 13.2. The molecule has 0 nitrogen and oxygen atoms in total. The monoisotopic (exact) mass is 226 g/mol. The highest BCUT2D eigenvalue weighted by molar-refractivity contribution is 5.53. The third kappa shape index (κ3) is 5.91. The number of aryl methyl sites for hydroxylation is 1. The summed E-state index contributed by atoms with van der Waals surface area (Å²) in [5.74, 6) is 0. The van der Waals surface area contributed by atoms with Crippen molar-refractivity contribution in [3.63, 3.8) is 0 Å². The van der Waals surface area contributed by atoms with Gasteiger partial charge < -0.3 is 0 Å². The van der Waals surface area contributed by atoms with E-state index in [1.54, 1.807) is 0 Å². The average Bonchev–Trinajstić information content (AvgIpc) is 2.34. The highest BCUT2D eigenvalue weighted by Gasteiger charge is 1.86. The van der Waals surface area contributed by atoms with Crippen LogP contribution in [-0.4, -0.2) is 0 Å². The molecule has 0 aliphatic heterocycles. The topological polar surface area (TPSA) is 0 Å². The van der Waals surface area contributed by atoms with Crippen molar-refractivity contribution in [1.29, 1.82) is 0 Å². The molecule has 0 radical (unpaired) electrons. The maximum absolute atomic E-state index is 2.21. The minimum Gasteiger partial charge on any atom is -0.0845 e. The van der Waals surface area contributed by atoms with Crippen LogP contribution in [0.3, 0.4) is 0 Å². The minimum absolute atomic E-state index is 1.16. The molecule has 1 aromatic carbocycles. The predicted octanol–water partition coefficient (Wildman–Crippen LogP) is 5.31. The Hall–Kier alpha value is -1.56. The lowest BCUT2D eigenvalue weighted by molar-refractivity contribution is 0.959. The molecule has 0 fully saturated rings. The van der Waals surface area contributed by atoms with E-state index in [0.29, 0.717) is 0 Å². The molecule has 0 aliphatic carbocycles. The molecule has 1 aromatic rings. The SMILES string of the molecule is CCC/C=C/C=C(C)\C=C/c1ccc(C)cc1. The Balaban J connectivity index is 2.55. The normalized spacial score (nSPS) is 12.8. The van der Waals surface area contributed by atoms with E-state index in [9.17, 15) is 0 Å². The first-order valence-electron chi connectivity index (χ1n) is 6.30. The van der Waals surface area contributed by atoms with Gasteiger partial charge in [0.1, 0.15) is 0 Å². The standard InChI is InChI=1S/C17H22/c1-4-5-6-7-8-15(2)9-12-17-13-10-16(3)11-14-17/h6-14H,4-5H2,1-3H3/b7-6+,12-9-,15-8-. The van der Waals surface area contributed by atoms with Crippen LogP contribution >= 0.6 is 0 Å². The van der Waals surface area contributed by atoms with E-state index >= 15 is 0 Å². The summed E-state index contributed by atoms with van der Waals surface area (Å²) >= 11 is 0. The van der Waals surface area contributed by atoms with Crippen LogP contribution < -0.4 is 0 Å². The van der Waals surface area contributed by atoms with E-state index in [4.69, 9.17) is 0 Å². The molecule has 0 heterocycles. The van der Waals surface area contributed by atoms with Crippen LogP contribution in [0.4, 0.5) is 0 Å². The summed E-state index contributed by atoms with van der Waals surface area (Å²) in [6.45, 7) is 6.43. The summed E-state index contributed by atoms with van der Waals surface area (Å²) in [6, 6.07) is 8.57. The minimum atomic E-state index is 1.16. The van der Waals surface area contributed by atoms with Crippen LogP contribution in [0.2, 0.25) is 0 Å². The zero-order chi connectivity index (χ0) is 12.5. The van der Waals surface area contributed by atoms with Gasteiger partial charge in [-0.15, -0.1) is 0 Å². The van der Waals surface area contributed by atoms with Gasteiger partial charge >= 0.3 is 0 Å². The van der Waals surface area contributed by atoms with E-state index in [1.807, 2.05) is 0 Å². The molecule has 0 unspecified atom stereocenters. The lowest BCUT2D eigenvalue weighted by Crippen LogP contribution is -1.74. The quantitative estimate of drug-likeness (QED) is 0.597. The number of unbranched alkanes of at least 4 members (excludes halogenated alkanes) is 1. The van der Waals surface area contributed by atoms with Gasteiger partial charge in [-0.25, -0.2) is 0 Å². The fourth-order valence-electron chi connectivity index (χ4n) is 1.44. The van der Waals surface area contributed by atoms with E-state index in [-0.39, 0.29) is 0 Å². The van der Waals surface area contributed by atoms with E-state index < -0.39 is 0 Å². The molecule has 0 saturated heterocycles. The van der Waals surface area contributed by atoms with Crippen LogP contribution in [0, 0.1) is 6.92 Å². The van der Waals surface area contributed by atoms with Crippen LogP contribution in [0.15, 0.2) is 54.1 Å². The Morgan fingerprint density at radius 3 is 2.53 bits per heavy atom. The van der Waals surface area contributed by atoms with Crippen molar-refractivity contribution in [2.24, 2.45) is 0 Å². The van der Waals surface area contributed by atoms with Crippen molar-refractivity contribution in [2.45, 2.75) is 33.6 Å². The van der Waals surface area contributed by atoms with Crippen LogP contribution in [0.5, 0.6) is 0 Å². The number of hydrogen-bond donors (Lipinski definition) is 0. The van der Waals surface area contributed by atoms with Gasteiger partial charge in [-0.3, -0.25) is 0 Å². The van der Waals surface area contributed by atoms with Crippen LogP contribution in [0.1, 0.15) is 37.8 Å². The van der Waals surface area contributed by atoms with Gasteiger partial charge in [-0.2, -0.15) is 0 Å². The second kappa shape index (κ2) is 7.67. The van der Waals surface area contributed by atoms with E-state index in [0.717, 1.165) is 6.42 Å². The van der Waals surface area contributed by atoms with Gasteiger partial charge in [-0.1, -0.05) is 79.1 Å². The molecule has 0 amide bonds. The molecule has 17 heavy (non-hydrogen) atoms.